The molecule has 2 amide bonds. The number of hydrogen-bond donors (Lipinski definition) is 2. The predicted octanol–water partition coefficient (Wildman–Crippen LogP) is 3.97. The van der Waals surface area contributed by atoms with E-state index in [1.807, 2.05) is 32.2 Å². The number of fused-ring (bicyclic) bond motifs is 2. The average Bonchev–Trinajstić information content (AvgIpc) is 3.40. The van der Waals surface area contributed by atoms with Gasteiger partial charge in [0.25, 0.3) is 5.91 Å². The molecule has 1 aliphatic carbocycles. The van der Waals surface area contributed by atoms with Crippen LogP contribution in [0.1, 0.15) is 47.4 Å². The van der Waals surface area contributed by atoms with Crippen molar-refractivity contribution in [3.63, 3.8) is 0 Å². The second-order valence-corrected chi connectivity index (χ2v) is 8.64. The Morgan fingerprint density at radius 1 is 1.17 bits per heavy atom. The third kappa shape index (κ3) is 3.30. The molecule has 0 saturated heterocycles. The van der Waals surface area contributed by atoms with Crippen molar-refractivity contribution in [2.24, 2.45) is 7.05 Å². The summed E-state index contributed by atoms with van der Waals surface area (Å²) in [6.07, 6.45) is 2.20. The number of hydrogen-bond acceptors (Lipinski definition) is 6. The van der Waals surface area contributed by atoms with Crippen molar-refractivity contribution in [1.82, 2.24) is 19.7 Å². The van der Waals surface area contributed by atoms with Gasteiger partial charge in [-0.2, -0.15) is 5.10 Å². The minimum Gasteiger partial charge on any atom is -0.326 e. The maximum absolute atomic E-state index is 13.2. The highest BCUT2D eigenvalue weighted by atomic mass is 32.1. The second kappa shape index (κ2) is 6.88. The van der Waals surface area contributed by atoms with Crippen molar-refractivity contribution in [3.8, 4) is 0 Å². The summed E-state index contributed by atoms with van der Waals surface area (Å²) >= 11 is 1.37. The molecule has 3 aromatic heterocycles. The van der Waals surface area contributed by atoms with E-state index in [2.05, 4.69) is 20.7 Å². The SMILES string of the molecule is CC(=O)Nc1ccc2nc(NC(=O)c3cc(C4CC4)nc4c3c(C)nn4C)sc2c1. The first kappa shape index (κ1) is 18.7. The minimum atomic E-state index is -0.221. The second-order valence-electron chi connectivity index (χ2n) is 7.61. The number of benzene rings is 1. The molecule has 152 valence electrons. The number of thiazole rings is 1. The van der Waals surface area contributed by atoms with Crippen LogP contribution < -0.4 is 10.6 Å². The van der Waals surface area contributed by atoms with E-state index >= 15 is 0 Å². The average molecular weight is 420 g/mol. The summed E-state index contributed by atoms with van der Waals surface area (Å²) in [7, 11) is 1.85. The summed E-state index contributed by atoms with van der Waals surface area (Å²) in [6.45, 7) is 3.35. The highest BCUT2D eigenvalue weighted by Gasteiger charge is 2.28. The summed E-state index contributed by atoms with van der Waals surface area (Å²) in [5.41, 5.74) is 4.49. The Kier molecular flexibility index (Phi) is 4.28. The lowest BCUT2D eigenvalue weighted by atomic mass is 10.1. The van der Waals surface area contributed by atoms with Crippen LogP contribution >= 0.6 is 11.3 Å². The molecule has 0 bridgehead atoms. The van der Waals surface area contributed by atoms with Gasteiger partial charge < -0.3 is 5.32 Å². The van der Waals surface area contributed by atoms with E-state index < -0.39 is 0 Å². The van der Waals surface area contributed by atoms with Crippen molar-refractivity contribution >= 4 is 55.2 Å². The molecule has 1 fully saturated rings. The van der Waals surface area contributed by atoms with E-state index in [9.17, 15) is 9.59 Å². The van der Waals surface area contributed by atoms with Gasteiger partial charge in [-0.15, -0.1) is 0 Å². The van der Waals surface area contributed by atoms with Crippen molar-refractivity contribution < 1.29 is 9.59 Å². The fourth-order valence-corrected chi connectivity index (χ4v) is 4.56. The number of rotatable bonds is 4. The number of nitrogens with zero attached hydrogens (tertiary/aromatic N) is 4. The largest absolute Gasteiger partial charge is 0.326 e. The highest BCUT2D eigenvalue weighted by Crippen LogP contribution is 2.40. The molecule has 0 aliphatic heterocycles. The molecule has 0 unspecified atom stereocenters. The Morgan fingerprint density at radius 3 is 2.70 bits per heavy atom. The monoisotopic (exact) mass is 420 g/mol. The summed E-state index contributed by atoms with van der Waals surface area (Å²) in [5, 5.41) is 11.4. The van der Waals surface area contributed by atoms with Gasteiger partial charge in [-0.25, -0.2) is 9.97 Å². The van der Waals surface area contributed by atoms with Crippen molar-refractivity contribution in [1.29, 1.82) is 0 Å². The number of carbonyl (C=O) groups is 2. The van der Waals surface area contributed by atoms with E-state index in [1.54, 1.807) is 10.7 Å². The minimum absolute atomic E-state index is 0.132. The first-order valence-corrected chi connectivity index (χ1v) is 10.5. The predicted molar refractivity (Wildman–Crippen MR) is 117 cm³/mol. The van der Waals surface area contributed by atoms with Gasteiger partial charge in [-0.3, -0.25) is 19.6 Å². The molecule has 5 rings (SSSR count). The zero-order valence-electron chi connectivity index (χ0n) is 16.8. The molecular formula is C21H20N6O2S. The molecule has 3 heterocycles. The highest BCUT2D eigenvalue weighted by molar-refractivity contribution is 7.22. The Balaban J connectivity index is 1.50. The van der Waals surface area contributed by atoms with Crippen LogP contribution in [0.25, 0.3) is 21.3 Å². The summed E-state index contributed by atoms with van der Waals surface area (Å²) in [6, 6.07) is 7.37. The topological polar surface area (TPSA) is 102 Å². The van der Waals surface area contributed by atoms with E-state index in [1.165, 1.54) is 18.3 Å². The lowest BCUT2D eigenvalue weighted by Crippen LogP contribution is -2.13. The van der Waals surface area contributed by atoms with Gasteiger partial charge in [-0.1, -0.05) is 11.3 Å². The molecule has 1 aliphatic rings. The van der Waals surface area contributed by atoms with Crippen LogP contribution in [-0.2, 0) is 11.8 Å². The van der Waals surface area contributed by atoms with Gasteiger partial charge in [-0.05, 0) is 44.0 Å². The molecule has 8 nitrogen and oxygen atoms in total. The van der Waals surface area contributed by atoms with Gasteiger partial charge in [0.15, 0.2) is 10.8 Å². The zero-order valence-corrected chi connectivity index (χ0v) is 17.6. The molecule has 9 heteroatoms. The van der Waals surface area contributed by atoms with Crippen molar-refractivity contribution in [2.75, 3.05) is 10.6 Å². The van der Waals surface area contributed by atoms with Gasteiger partial charge in [0.05, 0.1) is 26.9 Å². The van der Waals surface area contributed by atoms with Crippen LogP contribution in [0.5, 0.6) is 0 Å². The zero-order chi connectivity index (χ0) is 21.0. The Bertz CT molecular complexity index is 1330. The Hall–Kier alpha value is -3.33. The van der Waals surface area contributed by atoms with Gasteiger partial charge in [0.2, 0.25) is 5.91 Å². The number of carbonyl (C=O) groups excluding carboxylic acids is 2. The first-order valence-electron chi connectivity index (χ1n) is 9.73. The normalized spacial score (nSPS) is 13.7. The molecular weight excluding hydrogens is 400 g/mol. The lowest BCUT2D eigenvalue weighted by Gasteiger charge is -2.07. The molecule has 4 aromatic rings. The molecule has 1 saturated carbocycles. The van der Waals surface area contributed by atoms with Gasteiger partial charge in [0.1, 0.15) is 0 Å². The third-order valence-electron chi connectivity index (χ3n) is 5.16. The number of aryl methyl sites for hydroxylation is 2. The standard InChI is InChI=1S/C21H20N6O2S/c1-10-18-14(9-16(12-4-5-12)23-19(18)27(3)26-10)20(29)25-21-24-15-7-6-13(22-11(2)28)8-17(15)30-21/h6-9,12H,4-5H2,1-3H3,(H,22,28)(H,24,25,29). The van der Waals surface area contributed by atoms with Crippen LogP contribution in [0, 0.1) is 6.92 Å². The van der Waals surface area contributed by atoms with Crippen molar-refractivity contribution in [3.05, 3.63) is 41.2 Å². The van der Waals surface area contributed by atoms with E-state index in [4.69, 9.17) is 4.98 Å². The Labute approximate surface area is 176 Å². The van der Waals surface area contributed by atoms with Crippen molar-refractivity contribution in [2.45, 2.75) is 32.6 Å². The molecule has 1 aromatic carbocycles. The number of anilines is 2. The van der Waals surface area contributed by atoms with E-state index in [-0.39, 0.29) is 11.8 Å². The van der Waals surface area contributed by atoms with E-state index in [0.29, 0.717) is 22.3 Å². The van der Waals surface area contributed by atoms with Crippen LogP contribution in [-0.4, -0.2) is 31.6 Å². The molecule has 30 heavy (non-hydrogen) atoms. The lowest BCUT2D eigenvalue weighted by molar-refractivity contribution is -0.114. The van der Waals surface area contributed by atoms with Crippen LogP contribution in [0.15, 0.2) is 24.3 Å². The fraction of sp³-hybridized carbons (Fsp3) is 0.286. The van der Waals surface area contributed by atoms with E-state index in [0.717, 1.165) is 45.5 Å². The van der Waals surface area contributed by atoms with Crippen LogP contribution in [0.2, 0.25) is 0 Å². The number of pyridine rings is 1. The summed E-state index contributed by atoms with van der Waals surface area (Å²) in [4.78, 5) is 33.8. The van der Waals surface area contributed by atoms with Gasteiger partial charge in [0, 0.05) is 31.3 Å². The van der Waals surface area contributed by atoms with Crippen LogP contribution in [0.3, 0.4) is 0 Å². The fourth-order valence-electron chi connectivity index (χ4n) is 3.66. The smallest absolute Gasteiger partial charge is 0.258 e. The molecule has 0 spiro atoms. The third-order valence-corrected chi connectivity index (χ3v) is 6.09. The number of aromatic nitrogens is 4. The molecule has 0 atom stereocenters. The molecule has 2 N–H and O–H groups in total. The Morgan fingerprint density at radius 2 is 1.97 bits per heavy atom. The molecule has 0 radical (unpaired) electrons. The summed E-state index contributed by atoms with van der Waals surface area (Å²) in [5.74, 6) is 0.0692. The number of amides is 2. The quantitative estimate of drug-likeness (QED) is 0.520. The van der Waals surface area contributed by atoms with Gasteiger partial charge >= 0.3 is 0 Å². The summed E-state index contributed by atoms with van der Waals surface area (Å²) < 4.78 is 2.61. The maximum atomic E-state index is 13.2. The number of nitrogens with one attached hydrogen (secondary N) is 2. The maximum Gasteiger partial charge on any atom is 0.258 e. The van der Waals surface area contributed by atoms with Crippen LogP contribution in [0.4, 0.5) is 10.8 Å². The first-order chi connectivity index (χ1) is 14.4.